The zero-order chi connectivity index (χ0) is 17.6. The highest BCUT2D eigenvalue weighted by molar-refractivity contribution is 5.83. The second kappa shape index (κ2) is 7.26. The van der Waals surface area contributed by atoms with E-state index in [0.29, 0.717) is 0 Å². The van der Waals surface area contributed by atoms with Crippen LogP contribution in [0.3, 0.4) is 0 Å². The summed E-state index contributed by atoms with van der Waals surface area (Å²) in [6.07, 6.45) is -0.732. The van der Waals surface area contributed by atoms with Gasteiger partial charge in [-0.2, -0.15) is 0 Å². The molecule has 0 aliphatic heterocycles. The molecule has 8 nitrogen and oxygen atoms in total. The van der Waals surface area contributed by atoms with Crippen molar-refractivity contribution in [3.8, 4) is 0 Å². The quantitative estimate of drug-likeness (QED) is 0.614. The SMILES string of the molecule is CC(C)(C)OC(=O)NC(C)(C)C(=O)O.CC(C)(N)C(=O)O. The van der Waals surface area contributed by atoms with Gasteiger partial charge in [0.2, 0.25) is 0 Å². The van der Waals surface area contributed by atoms with Gasteiger partial charge in [-0.3, -0.25) is 4.79 Å². The van der Waals surface area contributed by atoms with Gasteiger partial charge in [0.05, 0.1) is 0 Å². The molecule has 0 aromatic carbocycles. The van der Waals surface area contributed by atoms with Gasteiger partial charge in [0.25, 0.3) is 0 Å². The lowest BCUT2D eigenvalue weighted by molar-refractivity contribution is -0.143. The molecule has 0 fully saturated rings. The van der Waals surface area contributed by atoms with Crippen molar-refractivity contribution in [1.82, 2.24) is 5.32 Å². The number of ether oxygens (including phenoxy) is 1. The van der Waals surface area contributed by atoms with Crippen LogP contribution < -0.4 is 11.1 Å². The van der Waals surface area contributed by atoms with Crippen molar-refractivity contribution < 1.29 is 29.3 Å². The standard InChI is InChI=1S/C9H17NO4.C4H9NO2/c1-8(2,3)14-7(13)10-9(4,5)6(11)12;1-4(2,5)3(6)7/h1-5H3,(H,10,13)(H,11,12);5H2,1-2H3,(H,6,7). The van der Waals surface area contributed by atoms with Crippen LogP contribution in [0.1, 0.15) is 48.5 Å². The zero-order valence-electron chi connectivity index (χ0n) is 13.6. The summed E-state index contributed by atoms with van der Waals surface area (Å²) in [5.74, 6) is -2.09. The number of hydrogen-bond acceptors (Lipinski definition) is 5. The molecule has 0 spiro atoms. The smallest absolute Gasteiger partial charge is 0.408 e. The molecule has 21 heavy (non-hydrogen) atoms. The molecule has 0 unspecified atom stereocenters. The molecule has 0 radical (unpaired) electrons. The summed E-state index contributed by atoms with van der Waals surface area (Å²) >= 11 is 0. The van der Waals surface area contributed by atoms with Crippen LogP contribution in [0, 0.1) is 0 Å². The maximum Gasteiger partial charge on any atom is 0.408 e. The highest BCUT2D eigenvalue weighted by Gasteiger charge is 2.31. The number of amides is 1. The number of carboxylic acids is 2. The molecule has 0 rings (SSSR count). The Morgan fingerprint density at radius 3 is 1.43 bits per heavy atom. The highest BCUT2D eigenvalue weighted by atomic mass is 16.6. The maximum atomic E-state index is 11.2. The van der Waals surface area contributed by atoms with Crippen LogP contribution in [-0.2, 0) is 14.3 Å². The van der Waals surface area contributed by atoms with Gasteiger partial charge in [-0.1, -0.05) is 0 Å². The number of carbonyl (C=O) groups is 3. The van der Waals surface area contributed by atoms with Crippen molar-refractivity contribution in [2.45, 2.75) is 65.1 Å². The first-order valence-corrected chi connectivity index (χ1v) is 6.26. The fourth-order valence-electron chi connectivity index (χ4n) is 0.612. The second-order valence-electron chi connectivity index (χ2n) is 6.58. The van der Waals surface area contributed by atoms with E-state index < -0.39 is 34.7 Å². The molecule has 1 amide bonds. The fraction of sp³-hybridized carbons (Fsp3) is 0.769. The summed E-state index contributed by atoms with van der Waals surface area (Å²) in [7, 11) is 0. The van der Waals surface area contributed by atoms with E-state index in [0.717, 1.165) is 0 Å². The molecule has 0 aromatic heterocycles. The summed E-state index contributed by atoms with van der Waals surface area (Å²) in [6.45, 7) is 10.8. The Bertz CT molecular complexity index is 390. The van der Waals surface area contributed by atoms with Crippen LogP contribution >= 0.6 is 0 Å². The minimum absolute atomic E-state index is 0.626. The van der Waals surface area contributed by atoms with Gasteiger partial charge < -0.3 is 26.0 Å². The third kappa shape index (κ3) is 11.7. The number of alkyl carbamates (subject to hydrolysis) is 1. The van der Waals surface area contributed by atoms with Gasteiger partial charge >= 0.3 is 18.0 Å². The summed E-state index contributed by atoms with van der Waals surface area (Å²) in [4.78, 5) is 31.7. The Balaban J connectivity index is 0. The van der Waals surface area contributed by atoms with Gasteiger partial charge in [0.15, 0.2) is 0 Å². The molecule has 0 saturated heterocycles. The summed E-state index contributed by atoms with van der Waals surface area (Å²) in [6, 6.07) is 0. The zero-order valence-corrected chi connectivity index (χ0v) is 13.6. The van der Waals surface area contributed by atoms with Crippen LogP contribution in [0.5, 0.6) is 0 Å². The molecule has 0 aromatic rings. The van der Waals surface area contributed by atoms with Crippen molar-refractivity contribution in [1.29, 1.82) is 0 Å². The lowest BCUT2D eigenvalue weighted by atomic mass is 10.1. The summed E-state index contributed by atoms with van der Waals surface area (Å²) in [5.41, 5.74) is 2.05. The fourth-order valence-corrected chi connectivity index (χ4v) is 0.612. The van der Waals surface area contributed by atoms with Crippen LogP contribution in [0.4, 0.5) is 4.79 Å². The Labute approximate surface area is 124 Å². The first kappa shape index (κ1) is 21.5. The van der Waals surface area contributed by atoms with E-state index in [1.54, 1.807) is 20.8 Å². The number of carbonyl (C=O) groups excluding carboxylic acids is 1. The molecule has 0 bridgehead atoms. The molecule has 124 valence electrons. The number of carboxylic acid groups (broad SMARTS) is 2. The van der Waals surface area contributed by atoms with Crippen molar-refractivity contribution in [2.75, 3.05) is 0 Å². The van der Waals surface area contributed by atoms with Crippen molar-refractivity contribution in [2.24, 2.45) is 5.73 Å². The number of nitrogens with one attached hydrogen (secondary N) is 1. The number of nitrogens with two attached hydrogens (primary N) is 1. The largest absolute Gasteiger partial charge is 0.480 e. The van der Waals surface area contributed by atoms with Crippen LogP contribution in [0.2, 0.25) is 0 Å². The Morgan fingerprint density at radius 2 is 1.24 bits per heavy atom. The van der Waals surface area contributed by atoms with E-state index in [9.17, 15) is 14.4 Å². The minimum atomic E-state index is -1.32. The molecule has 0 atom stereocenters. The molecule has 5 N–H and O–H groups in total. The first-order chi connectivity index (χ1) is 8.99. The predicted molar refractivity (Wildman–Crippen MR) is 77.0 cm³/mol. The third-order valence-electron chi connectivity index (χ3n) is 1.90. The van der Waals surface area contributed by atoms with Gasteiger partial charge in [-0.25, -0.2) is 9.59 Å². The van der Waals surface area contributed by atoms with E-state index in [2.05, 4.69) is 5.32 Å². The molecule has 0 aliphatic rings. The Hall–Kier alpha value is -1.83. The van der Waals surface area contributed by atoms with Crippen LogP contribution in [0.25, 0.3) is 0 Å². The monoisotopic (exact) mass is 306 g/mol. The summed E-state index contributed by atoms with van der Waals surface area (Å²) < 4.78 is 4.91. The first-order valence-electron chi connectivity index (χ1n) is 6.26. The molecule has 0 aliphatic carbocycles. The molecule has 8 heteroatoms. The van der Waals surface area contributed by atoms with Crippen LogP contribution in [-0.4, -0.2) is 44.9 Å². The topological polar surface area (TPSA) is 139 Å². The van der Waals surface area contributed by atoms with Gasteiger partial charge in [-0.15, -0.1) is 0 Å². The molecular weight excluding hydrogens is 280 g/mol. The maximum absolute atomic E-state index is 11.2. The Kier molecular flexibility index (Phi) is 7.42. The average molecular weight is 306 g/mol. The normalized spacial score (nSPS) is 11.8. The van der Waals surface area contributed by atoms with Gasteiger partial charge in [0, 0.05) is 0 Å². The minimum Gasteiger partial charge on any atom is -0.480 e. The molecule has 0 heterocycles. The van der Waals surface area contributed by atoms with E-state index in [4.69, 9.17) is 20.7 Å². The third-order valence-corrected chi connectivity index (χ3v) is 1.90. The van der Waals surface area contributed by atoms with E-state index in [1.165, 1.54) is 27.7 Å². The van der Waals surface area contributed by atoms with Gasteiger partial charge in [0.1, 0.15) is 16.7 Å². The Morgan fingerprint density at radius 1 is 0.905 bits per heavy atom. The van der Waals surface area contributed by atoms with Gasteiger partial charge in [-0.05, 0) is 48.5 Å². The number of rotatable bonds is 3. The van der Waals surface area contributed by atoms with Crippen molar-refractivity contribution >= 4 is 18.0 Å². The molecule has 0 saturated carbocycles. The van der Waals surface area contributed by atoms with E-state index in [-0.39, 0.29) is 0 Å². The van der Waals surface area contributed by atoms with Crippen molar-refractivity contribution in [3.05, 3.63) is 0 Å². The van der Waals surface area contributed by atoms with Crippen molar-refractivity contribution in [3.63, 3.8) is 0 Å². The van der Waals surface area contributed by atoms with E-state index >= 15 is 0 Å². The lowest BCUT2D eigenvalue weighted by Gasteiger charge is -2.25. The number of hydrogen-bond donors (Lipinski definition) is 4. The predicted octanol–water partition coefficient (Wildman–Crippen LogP) is 1.18. The average Bonchev–Trinajstić information content (AvgIpc) is 2.11. The van der Waals surface area contributed by atoms with E-state index in [1.807, 2.05) is 0 Å². The lowest BCUT2D eigenvalue weighted by Crippen LogP contribution is -2.51. The van der Waals surface area contributed by atoms with Crippen LogP contribution in [0.15, 0.2) is 0 Å². The second-order valence-corrected chi connectivity index (χ2v) is 6.58. The summed E-state index contributed by atoms with van der Waals surface area (Å²) in [5, 5.41) is 19.1. The highest BCUT2D eigenvalue weighted by Crippen LogP contribution is 2.09. The number of aliphatic carboxylic acids is 2. The molecular formula is C13H26N2O6.